The predicted octanol–water partition coefficient (Wildman–Crippen LogP) is 0.991. The molecule has 198 valence electrons. The van der Waals surface area contributed by atoms with Crippen molar-refractivity contribution < 1.29 is 34.0 Å². The minimum atomic E-state index is -4.49. The van der Waals surface area contributed by atoms with Crippen molar-refractivity contribution in [2.24, 2.45) is 7.05 Å². The molecule has 2 aromatic rings. The van der Waals surface area contributed by atoms with Crippen LogP contribution in [0.5, 0.6) is 0 Å². The van der Waals surface area contributed by atoms with Crippen LogP contribution < -0.4 is 11.3 Å². The van der Waals surface area contributed by atoms with Crippen LogP contribution in [-0.2, 0) is 20.9 Å². The van der Waals surface area contributed by atoms with Crippen LogP contribution in [0.1, 0.15) is 66.0 Å². The van der Waals surface area contributed by atoms with Crippen molar-refractivity contribution in [3.05, 3.63) is 16.7 Å². The van der Waals surface area contributed by atoms with Gasteiger partial charge in [-0.25, -0.2) is 4.98 Å². The lowest BCUT2D eigenvalue weighted by atomic mass is 9.88. The Morgan fingerprint density at radius 1 is 1.17 bits per heavy atom. The maximum atomic E-state index is 13.1. The molecule has 0 bridgehead atoms. The minimum absolute atomic E-state index is 0.0213. The van der Waals surface area contributed by atoms with Crippen molar-refractivity contribution in [3.8, 4) is 0 Å². The molecule has 3 rings (SSSR count). The van der Waals surface area contributed by atoms with E-state index in [1.54, 1.807) is 27.7 Å². The van der Waals surface area contributed by atoms with Crippen LogP contribution in [0.4, 0.5) is 5.95 Å². The van der Waals surface area contributed by atoms with Crippen LogP contribution in [0.25, 0.3) is 11.2 Å². The van der Waals surface area contributed by atoms with Gasteiger partial charge < -0.3 is 30.7 Å². The number of aromatic nitrogens is 4. The average Bonchev–Trinajstić information content (AvgIpc) is 3.37. The smallest absolute Gasteiger partial charge is 0.359 e. The second kappa shape index (κ2) is 9.89. The quantitative estimate of drug-likeness (QED) is 0.282. The van der Waals surface area contributed by atoms with E-state index in [1.807, 2.05) is 0 Å². The summed E-state index contributed by atoms with van der Waals surface area (Å²) in [6.45, 7) is 6.73. The Morgan fingerprint density at radius 2 is 1.77 bits per heavy atom. The van der Waals surface area contributed by atoms with Gasteiger partial charge in [-0.05, 0) is 25.7 Å². The molecule has 0 spiro atoms. The summed E-state index contributed by atoms with van der Waals surface area (Å²) in [4.78, 5) is 31.4. The van der Waals surface area contributed by atoms with E-state index in [0.717, 1.165) is 4.57 Å². The number of hydrogen-bond acceptors (Lipinski definition) is 10. The largest absolute Gasteiger partial charge is 0.388 e. The third kappa shape index (κ3) is 4.66. The summed E-state index contributed by atoms with van der Waals surface area (Å²) in [5.74, 6) is -0.0590. The molecule has 0 aliphatic carbocycles. The molecule has 0 radical (unpaired) electrons. The fourth-order valence-electron chi connectivity index (χ4n) is 4.45. The Morgan fingerprint density at radius 3 is 2.31 bits per heavy atom. The molecular formula is C21H36N5O8P. The number of aliphatic hydroxyl groups is 3. The molecule has 3 heterocycles. The lowest BCUT2D eigenvalue weighted by Gasteiger charge is -2.40. The monoisotopic (exact) mass is 517 g/mol. The van der Waals surface area contributed by atoms with Gasteiger partial charge in [0, 0.05) is 13.5 Å². The van der Waals surface area contributed by atoms with Crippen LogP contribution in [-0.4, -0.2) is 68.6 Å². The summed E-state index contributed by atoms with van der Waals surface area (Å²) < 4.78 is 27.3. The van der Waals surface area contributed by atoms with Gasteiger partial charge in [0.05, 0.1) is 18.0 Å². The maximum Gasteiger partial charge on any atom is 0.359 e. The van der Waals surface area contributed by atoms with Crippen molar-refractivity contribution in [2.45, 2.75) is 95.3 Å². The van der Waals surface area contributed by atoms with Gasteiger partial charge in [0.25, 0.3) is 5.56 Å². The number of fused-ring (bicyclic) bond motifs is 1. The molecule has 2 unspecified atom stereocenters. The van der Waals surface area contributed by atoms with E-state index in [0.29, 0.717) is 0 Å². The highest BCUT2D eigenvalue weighted by atomic mass is 31.2. The number of aliphatic hydroxyl groups excluding tert-OH is 2. The van der Waals surface area contributed by atoms with Gasteiger partial charge in [-0.15, -0.1) is 0 Å². The van der Waals surface area contributed by atoms with E-state index in [-0.39, 0.29) is 49.2 Å². The van der Waals surface area contributed by atoms with E-state index in [1.165, 1.54) is 17.9 Å². The first kappa shape index (κ1) is 27.7. The fraction of sp³-hybridized carbons (Fsp3) is 0.762. The molecule has 1 fully saturated rings. The summed E-state index contributed by atoms with van der Waals surface area (Å²) in [5, 5.41) is 30.4. The Bertz CT molecular complexity index is 1160. The lowest BCUT2D eigenvalue weighted by molar-refractivity contribution is -0.0761. The molecule has 13 nitrogen and oxygen atoms in total. The van der Waals surface area contributed by atoms with E-state index in [2.05, 4.69) is 9.97 Å². The molecule has 2 aromatic heterocycles. The van der Waals surface area contributed by atoms with Gasteiger partial charge in [0.2, 0.25) is 5.95 Å². The first-order valence-electron chi connectivity index (χ1n) is 11.8. The summed E-state index contributed by atoms with van der Waals surface area (Å²) in [6.07, 6.45) is -3.08. The van der Waals surface area contributed by atoms with Crippen LogP contribution >= 0.6 is 7.60 Å². The zero-order chi connectivity index (χ0) is 26.3. The molecule has 0 amide bonds. The second-order valence-corrected chi connectivity index (χ2v) is 11.2. The molecular weight excluding hydrogens is 481 g/mol. The van der Waals surface area contributed by atoms with E-state index in [9.17, 15) is 29.6 Å². The van der Waals surface area contributed by atoms with Crippen molar-refractivity contribution in [1.29, 1.82) is 0 Å². The van der Waals surface area contributed by atoms with Crippen LogP contribution in [0.2, 0.25) is 0 Å². The number of rotatable bonds is 10. The van der Waals surface area contributed by atoms with Gasteiger partial charge >= 0.3 is 7.60 Å². The Labute approximate surface area is 203 Å². The summed E-state index contributed by atoms with van der Waals surface area (Å²) in [7, 11) is -3.04. The van der Waals surface area contributed by atoms with Crippen molar-refractivity contribution in [3.63, 3.8) is 0 Å². The Kier molecular flexibility index (Phi) is 7.83. The highest BCUT2D eigenvalue weighted by Gasteiger charge is 2.52. The second-order valence-electron chi connectivity index (χ2n) is 9.10. The molecule has 1 aliphatic heterocycles. The minimum Gasteiger partial charge on any atom is -0.388 e. The molecule has 5 atom stereocenters. The Hall–Kier alpha value is -1.86. The Balaban J connectivity index is 1.92. The first-order chi connectivity index (χ1) is 16.3. The molecule has 0 aromatic carbocycles. The van der Waals surface area contributed by atoms with Gasteiger partial charge in [-0.1, -0.05) is 27.7 Å². The number of nitrogens with zero attached hydrogens (tertiary/aromatic N) is 4. The van der Waals surface area contributed by atoms with Crippen molar-refractivity contribution in [1.82, 2.24) is 19.1 Å². The first-order valence-corrected chi connectivity index (χ1v) is 13.3. The molecule has 14 heteroatoms. The van der Waals surface area contributed by atoms with Gasteiger partial charge in [-0.2, -0.15) is 4.98 Å². The maximum absolute atomic E-state index is 13.1. The van der Waals surface area contributed by atoms with Gasteiger partial charge in [0.1, 0.15) is 12.2 Å². The standard InChI is InChI=1S/C21H36N5O8P/c1-6-20(7-2,34-35(31,32)21(30,8-3)9-4)10-12-14(27)15(28)18(33-12)26-11-23-13-16(26)24-19(22)25(5)17(13)29/h11-12,14-15,18,27-28,30H,6-10H2,1-5H3,(H2,22,24)(H,31,32)/t12-,14-,15-,18?/m1/s1. The average molecular weight is 518 g/mol. The van der Waals surface area contributed by atoms with Crippen LogP contribution in [0.3, 0.4) is 0 Å². The van der Waals surface area contributed by atoms with Crippen LogP contribution in [0, 0.1) is 0 Å². The topological polar surface area (TPSA) is 195 Å². The van der Waals surface area contributed by atoms with Gasteiger partial charge in [-0.3, -0.25) is 23.0 Å². The van der Waals surface area contributed by atoms with Crippen molar-refractivity contribution in [2.75, 3.05) is 5.73 Å². The highest BCUT2D eigenvalue weighted by Crippen LogP contribution is 2.61. The van der Waals surface area contributed by atoms with E-state index in [4.69, 9.17) is 15.0 Å². The molecule has 0 saturated carbocycles. The predicted molar refractivity (Wildman–Crippen MR) is 127 cm³/mol. The number of nitrogen functional groups attached to an aromatic ring is 1. The number of anilines is 1. The third-order valence-corrected chi connectivity index (χ3v) is 9.61. The molecule has 6 N–H and O–H groups in total. The summed E-state index contributed by atoms with van der Waals surface area (Å²) in [5.41, 5.74) is 4.22. The number of imidazole rings is 1. The number of ether oxygens (including phenoxy) is 1. The third-order valence-electron chi connectivity index (χ3n) is 7.29. The molecule has 1 aliphatic rings. The molecule has 1 saturated heterocycles. The van der Waals surface area contributed by atoms with E-state index < -0.39 is 48.6 Å². The highest BCUT2D eigenvalue weighted by molar-refractivity contribution is 7.54. The van der Waals surface area contributed by atoms with Gasteiger partial charge in [0.15, 0.2) is 22.7 Å². The lowest BCUT2D eigenvalue weighted by Crippen LogP contribution is -2.42. The van der Waals surface area contributed by atoms with Crippen LogP contribution in [0.15, 0.2) is 11.1 Å². The molecule has 35 heavy (non-hydrogen) atoms. The zero-order valence-corrected chi connectivity index (χ0v) is 21.6. The number of nitrogens with two attached hydrogens (primary N) is 1. The zero-order valence-electron chi connectivity index (χ0n) is 20.7. The number of hydrogen-bond donors (Lipinski definition) is 5. The SMILES string of the molecule is CCC(CC)(C[C@H]1OC(n2cnc3c(=O)n(C)c(N)nc32)[C@H](O)[C@@H]1O)OP(=O)(O)C(O)(CC)CC. The normalized spacial score (nSPS) is 25.3. The fourth-order valence-corrected chi connectivity index (χ4v) is 6.27. The summed E-state index contributed by atoms with van der Waals surface area (Å²) in [6, 6.07) is 0. The van der Waals surface area contributed by atoms with E-state index >= 15 is 0 Å². The van der Waals surface area contributed by atoms with Crippen molar-refractivity contribution >= 4 is 24.7 Å². The summed E-state index contributed by atoms with van der Waals surface area (Å²) >= 11 is 0.